The zero-order valence-corrected chi connectivity index (χ0v) is 14.9. The summed E-state index contributed by atoms with van der Waals surface area (Å²) < 4.78 is 40.1. The summed E-state index contributed by atoms with van der Waals surface area (Å²) in [6.45, 7) is 0.623. The minimum atomic E-state index is -4.45. The number of hydrogen-bond donors (Lipinski definition) is 1. The van der Waals surface area contributed by atoms with Crippen LogP contribution in [-0.2, 0) is 17.5 Å². The van der Waals surface area contributed by atoms with Crippen molar-refractivity contribution in [2.24, 2.45) is 0 Å². The number of aromatic nitrogens is 2. The standard InChI is InChI=1S/C19H16F3N3OS/c20-19(21,22)15-7-4-8-16(11-15)24-17(26)13-27-18-23-9-10-25(18)12-14-5-2-1-3-6-14/h1-11H,12-13H2,(H,24,26). The van der Waals surface area contributed by atoms with E-state index in [4.69, 9.17) is 0 Å². The third-order valence-electron chi connectivity index (χ3n) is 3.68. The lowest BCUT2D eigenvalue weighted by Gasteiger charge is -2.10. The van der Waals surface area contributed by atoms with Crippen molar-refractivity contribution in [3.8, 4) is 0 Å². The highest BCUT2D eigenvalue weighted by Crippen LogP contribution is 2.30. The molecule has 0 fully saturated rings. The minimum absolute atomic E-state index is 0.0437. The van der Waals surface area contributed by atoms with Crippen molar-refractivity contribution in [3.63, 3.8) is 0 Å². The van der Waals surface area contributed by atoms with Gasteiger partial charge >= 0.3 is 6.18 Å². The Kier molecular flexibility index (Phi) is 5.85. The Morgan fingerprint density at radius 1 is 1.11 bits per heavy atom. The molecule has 8 heteroatoms. The molecule has 3 rings (SSSR count). The molecule has 0 bridgehead atoms. The molecule has 0 saturated carbocycles. The SMILES string of the molecule is O=C(CSc1nccn1Cc1ccccc1)Nc1cccc(C(F)(F)F)c1. The minimum Gasteiger partial charge on any atom is -0.325 e. The number of nitrogens with zero attached hydrogens (tertiary/aromatic N) is 2. The quantitative estimate of drug-likeness (QED) is 0.621. The number of alkyl halides is 3. The normalized spacial score (nSPS) is 11.4. The molecule has 0 unspecified atom stereocenters. The Morgan fingerprint density at radius 3 is 2.63 bits per heavy atom. The number of thioether (sulfide) groups is 1. The number of amides is 1. The second kappa shape index (κ2) is 8.30. The fourth-order valence-corrected chi connectivity index (χ4v) is 3.20. The summed E-state index contributed by atoms with van der Waals surface area (Å²) >= 11 is 1.23. The number of carbonyl (C=O) groups excluding carboxylic acids is 1. The lowest BCUT2D eigenvalue weighted by atomic mass is 10.2. The third-order valence-corrected chi connectivity index (χ3v) is 4.68. The van der Waals surface area contributed by atoms with E-state index in [9.17, 15) is 18.0 Å². The zero-order valence-electron chi connectivity index (χ0n) is 14.1. The first-order valence-corrected chi connectivity index (χ1v) is 9.05. The van der Waals surface area contributed by atoms with E-state index in [-0.39, 0.29) is 11.4 Å². The Hall–Kier alpha value is -2.74. The van der Waals surface area contributed by atoms with Crippen LogP contribution in [0.2, 0.25) is 0 Å². The zero-order chi connectivity index (χ0) is 19.3. The van der Waals surface area contributed by atoms with E-state index < -0.39 is 17.6 Å². The van der Waals surface area contributed by atoms with Crippen LogP contribution in [-0.4, -0.2) is 21.2 Å². The molecule has 4 nitrogen and oxygen atoms in total. The molecule has 1 N–H and O–H groups in total. The fraction of sp³-hybridized carbons (Fsp3) is 0.158. The van der Waals surface area contributed by atoms with Gasteiger partial charge in [-0.1, -0.05) is 48.2 Å². The molecule has 1 amide bonds. The maximum Gasteiger partial charge on any atom is 0.416 e. The van der Waals surface area contributed by atoms with Gasteiger partial charge in [0.25, 0.3) is 0 Å². The number of benzene rings is 2. The van der Waals surface area contributed by atoms with E-state index in [0.717, 1.165) is 17.7 Å². The molecule has 0 atom stereocenters. The number of anilines is 1. The first-order chi connectivity index (χ1) is 12.9. The van der Waals surface area contributed by atoms with Gasteiger partial charge in [-0.3, -0.25) is 4.79 Å². The molecule has 0 spiro atoms. The van der Waals surface area contributed by atoms with Crippen molar-refractivity contribution in [2.75, 3.05) is 11.1 Å². The largest absolute Gasteiger partial charge is 0.416 e. The summed E-state index contributed by atoms with van der Waals surface area (Å²) in [6.07, 6.45) is -0.978. The van der Waals surface area contributed by atoms with Crippen LogP contribution in [0.25, 0.3) is 0 Å². The van der Waals surface area contributed by atoms with Crippen LogP contribution >= 0.6 is 11.8 Å². The highest BCUT2D eigenvalue weighted by molar-refractivity contribution is 7.99. The molecular weight excluding hydrogens is 375 g/mol. The second-order valence-electron chi connectivity index (χ2n) is 5.74. The van der Waals surface area contributed by atoms with Gasteiger partial charge in [0.15, 0.2) is 5.16 Å². The van der Waals surface area contributed by atoms with Crippen LogP contribution < -0.4 is 5.32 Å². The topological polar surface area (TPSA) is 46.9 Å². The summed E-state index contributed by atoms with van der Waals surface area (Å²) in [6, 6.07) is 14.4. The van der Waals surface area contributed by atoms with Crippen molar-refractivity contribution in [2.45, 2.75) is 17.9 Å². The van der Waals surface area contributed by atoms with Crippen LogP contribution in [0.4, 0.5) is 18.9 Å². The average molecular weight is 391 g/mol. The van der Waals surface area contributed by atoms with Crippen molar-refractivity contribution >= 4 is 23.4 Å². The fourth-order valence-electron chi connectivity index (χ4n) is 2.44. The van der Waals surface area contributed by atoms with Gasteiger partial charge in [0.2, 0.25) is 5.91 Å². The average Bonchev–Trinajstić information content (AvgIpc) is 3.07. The first-order valence-electron chi connectivity index (χ1n) is 8.07. The molecule has 2 aromatic carbocycles. The smallest absolute Gasteiger partial charge is 0.325 e. The van der Waals surface area contributed by atoms with Crippen LogP contribution in [0.3, 0.4) is 0 Å². The lowest BCUT2D eigenvalue weighted by molar-refractivity contribution is -0.137. The molecule has 140 valence electrons. The molecule has 27 heavy (non-hydrogen) atoms. The summed E-state index contributed by atoms with van der Waals surface area (Å²) in [5.41, 5.74) is 0.417. The molecule has 0 aliphatic rings. The number of nitrogens with one attached hydrogen (secondary N) is 1. The number of carbonyl (C=O) groups is 1. The summed E-state index contributed by atoms with van der Waals surface area (Å²) in [7, 11) is 0. The summed E-state index contributed by atoms with van der Waals surface area (Å²) in [5, 5.41) is 3.15. The number of imidazole rings is 1. The summed E-state index contributed by atoms with van der Waals surface area (Å²) in [4.78, 5) is 16.3. The van der Waals surface area contributed by atoms with Crippen LogP contribution in [0, 0.1) is 0 Å². The third kappa shape index (κ3) is 5.37. The van der Waals surface area contributed by atoms with Gasteiger partial charge in [-0.2, -0.15) is 13.2 Å². The van der Waals surface area contributed by atoms with Crippen LogP contribution in [0.5, 0.6) is 0 Å². The van der Waals surface area contributed by atoms with Crippen LogP contribution in [0.1, 0.15) is 11.1 Å². The molecule has 0 aliphatic heterocycles. The number of hydrogen-bond acceptors (Lipinski definition) is 3. The predicted molar refractivity (Wildman–Crippen MR) is 98.6 cm³/mol. The Bertz CT molecular complexity index is 910. The number of rotatable bonds is 6. The Labute approximate surface area is 158 Å². The van der Waals surface area contributed by atoms with E-state index in [1.54, 1.807) is 6.20 Å². The molecular formula is C19H16F3N3OS. The number of halogens is 3. The molecule has 0 radical (unpaired) electrons. The van der Waals surface area contributed by atoms with Gasteiger partial charge in [0.1, 0.15) is 0 Å². The second-order valence-corrected chi connectivity index (χ2v) is 6.68. The van der Waals surface area contributed by atoms with Gasteiger partial charge in [0, 0.05) is 24.6 Å². The van der Waals surface area contributed by atoms with Gasteiger partial charge in [-0.05, 0) is 23.8 Å². The van der Waals surface area contributed by atoms with E-state index in [2.05, 4.69) is 10.3 Å². The van der Waals surface area contributed by atoms with Crippen molar-refractivity contribution in [1.29, 1.82) is 0 Å². The highest BCUT2D eigenvalue weighted by atomic mass is 32.2. The monoisotopic (exact) mass is 391 g/mol. The molecule has 1 heterocycles. The molecule has 0 saturated heterocycles. The molecule has 1 aromatic heterocycles. The molecule has 3 aromatic rings. The lowest BCUT2D eigenvalue weighted by Crippen LogP contribution is -2.15. The Morgan fingerprint density at radius 2 is 1.89 bits per heavy atom. The van der Waals surface area contributed by atoms with Crippen LogP contribution in [0.15, 0.2) is 72.1 Å². The van der Waals surface area contributed by atoms with E-state index in [0.29, 0.717) is 11.7 Å². The van der Waals surface area contributed by atoms with Crippen molar-refractivity contribution < 1.29 is 18.0 Å². The van der Waals surface area contributed by atoms with E-state index >= 15 is 0 Å². The van der Waals surface area contributed by atoms with E-state index in [1.165, 1.54) is 23.9 Å². The first kappa shape index (κ1) is 19.0. The highest BCUT2D eigenvalue weighted by Gasteiger charge is 2.30. The van der Waals surface area contributed by atoms with Gasteiger partial charge in [-0.15, -0.1) is 0 Å². The van der Waals surface area contributed by atoms with E-state index in [1.807, 2.05) is 41.1 Å². The van der Waals surface area contributed by atoms with Gasteiger partial charge < -0.3 is 9.88 Å². The van der Waals surface area contributed by atoms with Crippen molar-refractivity contribution in [1.82, 2.24) is 9.55 Å². The van der Waals surface area contributed by atoms with Crippen molar-refractivity contribution in [3.05, 3.63) is 78.1 Å². The predicted octanol–water partition coefficient (Wildman–Crippen LogP) is 4.68. The molecule has 0 aliphatic carbocycles. The maximum absolute atomic E-state index is 12.7. The van der Waals surface area contributed by atoms with Gasteiger partial charge in [0.05, 0.1) is 11.3 Å². The Balaban J connectivity index is 1.58. The summed E-state index contributed by atoms with van der Waals surface area (Å²) in [5.74, 6) is -0.351. The maximum atomic E-state index is 12.7. The van der Waals surface area contributed by atoms with Gasteiger partial charge in [-0.25, -0.2) is 4.98 Å².